The van der Waals surface area contributed by atoms with Crippen LogP contribution in [0.3, 0.4) is 0 Å². The lowest BCUT2D eigenvalue weighted by Crippen LogP contribution is -2.03. The number of nitrogens with zero attached hydrogens (tertiary/aromatic N) is 1. The Bertz CT molecular complexity index is 381. The van der Waals surface area contributed by atoms with Crippen LogP contribution in [-0.2, 0) is 0 Å². The Morgan fingerprint density at radius 1 is 1.43 bits per heavy atom. The van der Waals surface area contributed by atoms with Gasteiger partial charge in [-0.2, -0.15) is 5.26 Å². The number of rotatable bonds is 2. The highest BCUT2D eigenvalue weighted by Gasteiger charge is 2.15. The van der Waals surface area contributed by atoms with Crippen molar-refractivity contribution in [1.82, 2.24) is 0 Å². The maximum Gasteiger partial charge on any atom is 0.114 e. The van der Waals surface area contributed by atoms with Crippen molar-refractivity contribution in [3.63, 3.8) is 0 Å². The molecule has 0 bridgehead atoms. The largest absolute Gasteiger partial charge is 0.383 e. The first kappa shape index (κ1) is 10.5. The Morgan fingerprint density at radius 2 is 1.93 bits per heavy atom. The van der Waals surface area contributed by atoms with Gasteiger partial charge in [0.15, 0.2) is 0 Å². The summed E-state index contributed by atoms with van der Waals surface area (Å²) in [5.41, 5.74) is 2.93. The van der Waals surface area contributed by atoms with Crippen LogP contribution in [-0.4, -0.2) is 5.11 Å². The van der Waals surface area contributed by atoms with Gasteiger partial charge in [-0.05, 0) is 30.5 Å². The zero-order valence-corrected chi connectivity index (χ0v) is 8.41. The van der Waals surface area contributed by atoms with Crippen LogP contribution in [0.2, 0.25) is 0 Å². The third kappa shape index (κ3) is 1.84. The molecule has 1 atom stereocenters. The molecule has 1 N–H and O–H groups in total. The van der Waals surface area contributed by atoms with Crippen LogP contribution in [0.15, 0.2) is 30.4 Å². The lowest BCUT2D eigenvalue weighted by molar-refractivity contribution is 0.219. The molecule has 0 aliphatic rings. The quantitative estimate of drug-likeness (QED) is 0.722. The van der Waals surface area contributed by atoms with E-state index in [9.17, 15) is 5.11 Å². The topological polar surface area (TPSA) is 44.0 Å². The van der Waals surface area contributed by atoms with Gasteiger partial charge in [-0.3, -0.25) is 0 Å². The summed E-state index contributed by atoms with van der Waals surface area (Å²) in [6, 6.07) is 7.63. The second-order valence-electron chi connectivity index (χ2n) is 3.35. The smallest absolute Gasteiger partial charge is 0.114 e. The van der Waals surface area contributed by atoms with Crippen LogP contribution in [0.4, 0.5) is 0 Å². The predicted molar refractivity (Wildman–Crippen MR) is 55.6 cm³/mol. The zero-order valence-electron chi connectivity index (χ0n) is 8.41. The van der Waals surface area contributed by atoms with Gasteiger partial charge in [-0.1, -0.05) is 24.8 Å². The highest BCUT2D eigenvalue weighted by Crippen LogP contribution is 2.26. The summed E-state index contributed by atoms with van der Waals surface area (Å²) in [5.74, 6) is 0. The molecule has 0 aromatic heterocycles. The maximum atomic E-state index is 9.83. The Labute approximate surface area is 84.1 Å². The summed E-state index contributed by atoms with van der Waals surface area (Å²) in [5, 5.41) is 18.5. The summed E-state index contributed by atoms with van der Waals surface area (Å²) in [6.07, 6.45) is -0.874. The fourth-order valence-electron chi connectivity index (χ4n) is 1.49. The monoisotopic (exact) mass is 187 g/mol. The molecule has 0 amide bonds. The Hall–Kier alpha value is -1.59. The van der Waals surface area contributed by atoms with Crippen LogP contribution < -0.4 is 0 Å². The molecule has 0 saturated carbocycles. The van der Waals surface area contributed by atoms with Gasteiger partial charge < -0.3 is 5.11 Å². The minimum Gasteiger partial charge on any atom is -0.383 e. The Morgan fingerprint density at radius 3 is 2.36 bits per heavy atom. The zero-order chi connectivity index (χ0) is 10.7. The van der Waals surface area contributed by atoms with E-state index in [1.165, 1.54) is 0 Å². The molecule has 14 heavy (non-hydrogen) atoms. The number of aliphatic hydroxyl groups is 1. The normalized spacial score (nSPS) is 11.9. The van der Waals surface area contributed by atoms with E-state index >= 15 is 0 Å². The second-order valence-corrected chi connectivity index (χ2v) is 3.35. The molecule has 0 aliphatic carbocycles. The van der Waals surface area contributed by atoms with E-state index < -0.39 is 6.10 Å². The highest BCUT2D eigenvalue weighted by atomic mass is 16.3. The van der Waals surface area contributed by atoms with Crippen LogP contribution in [0, 0.1) is 25.2 Å². The molecule has 1 rings (SSSR count). The van der Waals surface area contributed by atoms with Crippen molar-refractivity contribution < 1.29 is 5.11 Å². The molecule has 1 aromatic rings. The number of aryl methyl sites for hydroxylation is 2. The second kappa shape index (κ2) is 4.08. The van der Waals surface area contributed by atoms with Crippen molar-refractivity contribution >= 4 is 0 Å². The van der Waals surface area contributed by atoms with Crippen LogP contribution in [0.1, 0.15) is 22.8 Å². The summed E-state index contributed by atoms with van der Waals surface area (Å²) in [7, 11) is 0. The van der Waals surface area contributed by atoms with E-state index in [1.54, 1.807) is 0 Å². The van der Waals surface area contributed by atoms with E-state index in [0.717, 1.165) is 16.7 Å². The fraction of sp³-hybridized carbons (Fsp3) is 0.250. The number of benzene rings is 1. The molecule has 0 saturated heterocycles. The summed E-state index contributed by atoms with van der Waals surface area (Å²) in [6.45, 7) is 7.35. The predicted octanol–water partition coefficient (Wildman–Crippen LogP) is 2.42. The maximum absolute atomic E-state index is 9.83. The lowest BCUT2D eigenvalue weighted by atomic mass is 9.94. The first-order valence-corrected chi connectivity index (χ1v) is 4.41. The average molecular weight is 187 g/mol. The van der Waals surface area contributed by atoms with Crippen molar-refractivity contribution in [2.45, 2.75) is 20.0 Å². The Balaban J connectivity index is 3.20. The van der Waals surface area contributed by atoms with E-state index in [1.807, 2.05) is 38.1 Å². The Kier molecular flexibility index (Phi) is 3.06. The summed E-state index contributed by atoms with van der Waals surface area (Å²) in [4.78, 5) is 0. The third-order valence-corrected chi connectivity index (χ3v) is 2.29. The first-order valence-electron chi connectivity index (χ1n) is 4.41. The number of aliphatic hydroxyl groups excluding tert-OH is 1. The van der Waals surface area contributed by atoms with E-state index in [4.69, 9.17) is 5.26 Å². The highest BCUT2D eigenvalue weighted by molar-refractivity contribution is 5.41. The standard InChI is InChI=1S/C12H13NO/c1-8-5-4-6-9(2)11(8)12(14)10(3)7-13/h4-6,12,14H,3H2,1-2H3. The van der Waals surface area contributed by atoms with Crippen molar-refractivity contribution in [3.05, 3.63) is 47.0 Å². The average Bonchev–Trinajstić information content (AvgIpc) is 2.16. The van der Waals surface area contributed by atoms with E-state index in [-0.39, 0.29) is 5.57 Å². The molecule has 1 unspecified atom stereocenters. The van der Waals surface area contributed by atoms with Gasteiger partial charge in [0, 0.05) is 0 Å². The first-order chi connectivity index (χ1) is 6.57. The molecule has 0 heterocycles. The number of nitriles is 1. The molecule has 0 spiro atoms. The molecule has 0 aliphatic heterocycles. The number of hydrogen-bond donors (Lipinski definition) is 1. The third-order valence-electron chi connectivity index (χ3n) is 2.29. The van der Waals surface area contributed by atoms with Gasteiger partial charge in [-0.15, -0.1) is 0 Å². The van der Waals surface area contributed by atoms with Gasteiger partial charge >= 0.3 is 0 Å². The van der Waals surface area contributed by atoms with Crippen molar-refractivity contribution in [3.8, 4) is 6.07 Å². The molecule has 0 fully saturated rings. The molecule has 72 valence electrons. The van der Waals surface area contributed by atoms with Crippen LogP contribution >= 0.6 is 0 Å². The van der Waals surface area contributed by atoms with Crippen LogP contribution in [0.25, 0.3) is 0 Å². The SMILES string of the molecule is C=C(C#N)C(O)c1c(C)cccc1C. The molecular weight excluding hydrogens is 174 g/mol. The summed E-state index contributed by atoms with van der Waals surface area (Å²) < 4.78 is 0. The van der Waals surface area contributed by atoms with Gasteiger partial charge in [0.25, 0.3) is 0 Å². The molecular formula is C12H13NO. The minimum absolute atomic E-state index is 0.183. The van der Waals surface area contributed by atoms with Gasteiger partial charge in [0.1, 0.15) is 6.10 Å². The summed E-state index contributed by atoms with van der Waals surface area (Å²) >= 11 is 0. The van der Waals surface area contributed by atoms with Crippen molar-refractivity contribution in [2.75, 3.05) is 0 Å². The van der Waals surface area contributed by atoms with Gasteiger partial charge in [0.05, 0.1) is 11.6 Å². The molecule has 1 aromatic carbocycles. The van der Waals surface area contributed by atoms with Crippen molar-refractivity contribution in [1.29, 1.82) is 5.26 Å². The van der Waals surface area contributed by atoms with Gasteiger partial charge in [-0.25, -0.2) is 0 Å². The van der Waals surface area contributed by atoms with Gasteiger partial charge in [0.2, 0.25) is 0 Å². The van der Waals surface area contributed by atoms with Crippen LogP contribution in [0.5, 0.6) is 0 Å². The van der Waals surface area contributed by atoms with E-state index in [2.05, 4.69) is 6.58 Å². The lowest BCUT2D eigenvalue weighted by Gasteiger charge is -2.14. The molecule has 2 nitrogen and oxygen atoms in total. The number of hydrogen-bond acceptors (Lipinski definition) is 2. The fourth-order valence-corrected chi connectivity index (χ4v) is 1.49. The van der Waals surface area contributed by atoms with Crippen molar-refractivity contribution in [2.24, 2.45) is 0 Å². The molecule has 2 heteroatoms. The molecule has 0 radical (unpaired) electrons. The van der Waals surface area contributed by atoms with E-state index in [0.29, 0.717) is 0 Å². The minimum atomic E-state index is -0.874.